The molecule has 68 valence electrons. The highest BCUT2D eigenvalue weighted by molar-refractivity contribution is 6.41. The van der Waals surface area contributed by atoms with E-state index in [4.69, 9.17) is 33.4 Å². The maximum atomic E-state index is 5.97. The average Bonchev–Trinajstić information content (AvgIpc) is 2.44. The van der Waals surface area contributed by atoms with Crippen LogP contribution in [-0.4, -0.2) is 0 Å². The summed E-state index contributed by atoms with van der Waals surface area (Å²) in [6.45, 7) is 1.84. The second-order valence-electron chi connectivity index (χ2n) is 2.86. The lowest BCUT2D eigenvalue weighted by Crippen LogP contribution is -1.85. The number of rotatable bonds is 0. The number of hydrogen-bond donors (Lipinski definition) is 1. The van der Waals surface area contributed by atoms with Gasteiger partial charge in [-0.25, -0.2) is 0 Å². The predicted octanol–water partition coefficient (Wildman–Crippen LogP) is 3.63. The first-order chi connectivity index (χ1) is 6.09. The third-order valence-electron chi connectivity index (χ3n) is 1.84. The Morgan fingerprint density at radius 3 is 2.69 bits per heavy atom. The molecule has 0 bridgehead atoms. The summed E-state index contributed by atoms with van der Waals surface area (Å²) in [5.41, 5.74) is 6.71. The number of hydrogen-bond acceptors (Lipinski definition) is 2. The number of anilines is 1. The Morgan fingerprint density at radius 2 is 2.00 bits per heavy atom. The molecule has 0 atom stereocenters. The second kappa shape index (κ2) is 2.82. The van der Waals surface area contributed by atoms with Gasteiger partial charge in [0.1, 0.15) is 5.76 Å². The molecule has 2 rings (SSSR count). The number of aryl methyl sites for hydroxylation is 1. The summed E-state index contributed by atoms with van der Waals surface area (Å²) in [5, 5.41) is 1.76. The van der Waals surface area contributed by atoms with E-state index in [0.717, 1.165) is 11.1 Å². The molecular weight excluding hydrogens is 209 g/mol. The molecule has 1 heterocycles. The quantitative estimate of drug-likeness (QED) is 0.683. The van der Waals surface area contributed by atoms with Crippen LogP contribution in [0.2, 0.25) is 10.0 Å². The van der Waals surface area contributed by atoms with Gasteiger partial charge in [0, 0.05) is 5.39 Å². The van der Waals surface area contributed by atoms with Crippen LogP contribution in [-0.2, 0) is 0 Å². The monoisotopic (exact) mass is 215 g/mol. The third kappa shape index (κ3) is 1.26. The lowest BCUT2D eigenvalue weighted by Gasteiger charge is -1.99. The van der Waals surface area contributed by atoms with Crippen molar-refractivity contribution in [3.8, 4) is 0 Å². The first-order valence-electron chi connectivity index (χ1n) is 3.73. The fourth-order valence-electron chi connectivity index (χ4n) is 1.28. The van der Waals surface area contributed by atoms with Crippen molar-refractivity contribution < 1.29 is 4.42 Å². The normalized spacial score (nSPS) is 11.0. The smallest absolute Gasteiger partial charge is 0.154 e. The first-order valence-corrected chi connectivity index (χ1v) is 4.49. The van der Waals surface area contributed by atoms with E-state index in [2.05, 4.69) is 0 Å². The lowest BCUT2D eigenvalue weighted by atomic mass is 10.2. The number of fused-ring (bicyclic) bond motifs is 1. The van der Waals surface area contributed by atoms with Crippen molar-refractivity contribution in [1.29, 1.82) is 0 Å². The van der Waals surface area contributed by atoms with Crippen LogP contribution in [0.4, 0.5) is 5.69 Å². The molecule has 0 saturated heterocycles. The molecule has 4 heteroatoms. The molecule has 0 saturated carbocycles. The molecule has 0 aliphatic carbocycles. The van der Waals surface area contributed by atoms with Gasteiger partial charge in [-0.15, -0.1) is 0 Å². The summed E-state index contributed by atoms with van der Waals surface area (Å²) in [5.74, 6) is 0.768. The van der Waals surface area contributed by atoms with Crippen molar-refractivity contribution in [2.45, 2.75) is 6.92 Å². The number of nitrogens with two attached hydrogens (primary N) is 1. The molecular formula is C9H7Cl2NO. The van der Waals surface area contributed by atoms with E-state index in [1.807, 2.05) is 13.0 Å². The number of benzene rings is 1. The minimum Gasteiger partial charge on any atom is -0.460 e. The van der Waals surface area contributed by atoms with Gasteiger partial charge >= 0.3 is 0 Å². The van der Waals surface area contributed by atoms with E-state index in [0.29, 0.717) is 21.3 Å². The van der Waals surface area contributed by atoms with Crippen molar-refractivity contribution >= 4 is 39.9 Å². The van der Waals surface area contributed by atoms with Crippen LogP contribution in [0.3, 0.4) is 0 Å². The van der Waals surface area contributed by atoms with Crippen molar-refractivity contribution in [2.24, 2.45) is 0 Å². The molecule has 13 heavy (non-hydrogen) atoms. The molecule has 1 aromatic heterocycles. The van der Waals surface area contributed by atoms with Crippen LogP contribution in [0.5, 0.6) is 0 Å². The van der Waals surface area contributed by atoms with E-state index in [9.17, 15) is 0 Å². The highest BCUT2D eigenvalue weighted by Gasteiger charge is 2.11. The molecule has 0 unspecified atom stereocenters. The van der Waals surface area contributed by atoms with Gasteiger partial charge in [0.25, 0.3) is 0 Å². The Labute approximate surface area is 85.2 Å². The van der Waals surface area contributed by atoms with Crippen LogP contribution in [0.15, 0.2) is 16.5 Å². The number of halogens is 2. The number of nitrogen functional groups attached to an aromatic ring is 1. The third-order valence-corrected chi connectivity index (χ3v) is 2.55. The molecule has 1 aromatic carbocycles. The molecule has 0 fully saturated rings. The Balaban J connectivity index is 2.95. The standard InChI is InChI=1S/C9H7Cl2NO/c1-4-2-5-8(11)7(12)3-6(10)9(5)13-4/h2-3H,12H2,1H3. The molecule has 2 N–H and O–H groups in total. The Hall–Kier alpha value is -0.860. The summed E-state index contributed by atoms with van der Waals surface area (Å²) in [7, 11) is 0. The second-order valence-corrected chi connectivity index (χ2v) is 3.65. The SMILES string of the molecule is Cc1cc2c(Cl)c(N)cc(Cl)c2o1. The van der Waals surface area contributed by atoms with E-state index in [1.54, 1.807) is 6.07 Å². The van der Waals surface area contributed by atoms with Crippen LogP contribution in [0.1, 0.15) is 5.76 Å². The Kier molecular flexibility index (Phi) is 1.90. The van der Waals surface area contributed by atoms with Crippen molar-refractivity contribution in [3.05, 3.63) is 27.9 Å². The maximum Gasteiger partial charge on any atom is 0.154 e. The van der Waals surface area contributed by atoms with Crippen LogP contribution in [0.25, 0.3) is 11.0 Å². The van der Waals surface area contributed by atoms with Crippen molar-refractivity contribution in [3.63, 3.8) is 0 Å². The Bertz CT molecular complexity index is 476. The highest BCUT2D eigenvalue weighted by Crippen LogP contribution is 2.36. The molecule has 0 aliphatic heterocycles. The summed E-state index contributed by atoms with van der Waals surface area (Å²) in [6, 6.07) is 3.41. The largest absolute Gasteiger partial charge is 0.460 e. The van der Waals surface area contributed by atoms with Gasteiger partial charge in [-0.05, 0) is 19.1 Å². The first kappa shape index (κ1) is 8.73. The van der Waals surface area contributed by atoms with Crippen LogP contribution < -0.4 is 5.73 Å². The van der Waals surface area contributed by atoms with Gasteiger partial charge in [-0.3, -0.25) is 0 Å². The van der Waals surface area contributed by atoms with Crippen LogP contribution >= 0.6 is 23.2 Å². The van der Waals surface area contributed by atoms with Crippen LogP contribution in [0, 0.1) is 6.92 Å². The van der Waals surface area contributed by atoms with Gasteiger partial charge in [0.05, 0.1) is 15.7 Å². The zero-order valence-corrected chi connectivity index (χ0v) is 8.41. The van der Waals surface area contributed by atoms with Crippen molar-refractivity contribution in [1.82, 2.24) is 0 Å². The van der Waals surface area contributed by atoms with Gasteiger partial charge in [0.15, 0.2) is 5.58 Å². The van der Waals surface area contributed by atoms with Crippen molar-refractivity contribution in [2.75, 3.05) is 5.73 Å². The zero-order chi connectivity index (χ0) is 9.59. The molecule has 0 radical (unpaired) electrons. The number of furan rings is 1. The molecule has 2 aromatic rings. The van der Waals surface area contributed by atoms with Gasteiger partial charge < -0.3 is 10.2 Å². The van der Waals surface area contributed by atoms with E-state index in [1.165, 1.54) is 0 Å². The van der Waals surface area contributed by atoms with E-state index in [-0.39, 0.29) is 0 Å². The fourth-order valence-corrected chi connectivity index (χ4v) is 1.73. The zero-order valence-electron chi connectivity index (χ0n) is 6.90. The van der Waals surface area contributed by atoms with E-state index < -0.39 is 0 Å². The molecule has 0 spiro atoms. The lowest BCUT2D eigenvalue weighted by molar-refractivity contribution is 0.579. The molecule has 0 aliphatic rings. The summed E-state index contributed by atoms with van der Waals surface area (Å²) in [6.07, 6.45) is 0. The van der Waals surface area contributed by atoms with E-state index >= 15 is 0 Å². The maximum absolute atomic E-state index is 5.97. The minimum atomic E-state index is 0.472. The molecule has 2 nitrogen and oxygen atoms in total. The minimum absolute atomic E-state index is 0.472. The van der Waals surface area contributed by atoms with Gasteiger partial charge in [-0.2, -0.15) is 0 Å². The topological polar surface area (TPSA) is 39.2 Å². The highest BCUT2D eigenvalue weighted by atomic mass is 35.5. The summed E-state index contributed by atoms with van der Waals surface area (Å²) < 4.78 is 5.36. The predicted molar refractivity (Wildman–Crippen MR) is 55.4 cm³/mol. The fraction of sp³-hybridized carbons (Fsp3) is 0.111. The van der Waals surface area contributed by atoms with Gasteiger partial charge in [0.2, 0.25) is 0 Å². The Morgan fingerprint density at radius 1 is 1.31 bits per heavy atom. The average molecular weight is 216 g/mol. The summed E-state index contributed by atoms with van der Waals surface area (Å²) >= 11 is 11.9. The summed E-state index contributed by atoms with van der Waals surface area (Å²) in [4.78, 5) is 0. The van der Waals surface area contributed by atoms with Gasteiger partial charge in [-0.1, -0.05) is 23.2 Å². The molecule has 0 amide bonds.